The minimum atomic E-state index is -1.000. The fraction of sp³-hybridized carbons (Fsp3) is 0.286. The number of fused-ring (bicyclic) bond motifs is 1. The van der Waals surface area contributed by atoms with E-state index in [0.29, 0.717) is 11.4 Å². The smallest absolute Gasteiger partial charge is 0.305 e. The first-order chi connectivity index (χ1) is 13.5. The van der Waals surface area contributed by atoms with Crippen molar-refractivity contribution < 1.29 is 24.2 Å². The number of para-hydroxylation sites is 2. The highest BCUT2D eigenvalue weighted by Gasteiger charge is 2.31. The second-order valence-corrected chi connectivity index (χ2v) is 6.60. The molecule has 0 radical (unpaired) electrons. The van der Waals surface area contributed by atoms with Gasteiger partial charge in [-0.05, 0) is 24.6 Å². The van der Waals surface area contributed by atoms with Gasteiger partial charge in [-0.3, -0.25) is 14.4 Å². The molecular weight excluding hydrogens is 360 g/mol. The molecule has 1 aliphatic rings. The Morgan fingerprint density at radius 1 is 1.14 bits per heavy atom. The fourth-order valence-electron chi connectivity index (χ4n) is 3.18. The minimum absolute atomic E-state index is 0.0513. The van der Waals surface area contributed by atoms with E-state index in [1.165, 1.54) is 4.90 Å². The van der Waals surface area contributed by atoms with E-state index in [4.69, 9.17) is 9.84 Å². The molecule has 0 spiro atoms. The van der Waals surface area contributed by atoms with Gasteiger partial charge in [0, 0.05) is 13.0 Å². The predicted octanol–water partition coefficient (Wildman–Crippen LogP) is 2.52. The molecule has 2 atom stereocenters. The molecule has 2 aromatic rings. The Morgan fingerprint density at radius 3 is 2.54 bits per heavy atom. The molecule has 0 bridgehead atoms. The lowest BCUT2D eigenvalue weighted by atomic mass is 10.0. The Kier molecular flexibility index (Phi) is 5.93. The van der Waals surface area contributed by atoms with Crippen molar-refractivity contribution in [2.75, 3.05) is 11.4 Å². The first-order valence-corrected chi connectivity index (χ1v) is 9.09. The number of hydrogen-bond acceptors (Lipinski definition) is 4. The quantitative estimate of drug-likeness (QED) is 0.767. The van der Waals surface area contributed by atoms with E-state index in [-0.39, 0.29) is 31.2 Å². The van der Waals surface area contributed by atoms with Crippen LogP contribution >= 0.6 is 0 Å². The van der Waals surface area contributed by atoms with E-state index in [9.17, 15) is 14.4 Å². The number of carbonyl (C=O) groups excluding carboxylic acids is 2. The molecule has 0 unspecified atom stereocenters. The molecule has 2 amide bonds. The molecule has 7 nitrogen and oxygen atoms in total. The topological polar surface area (TPSA) is 95.9 Å². The van der Waals surface area contributed by atoms with E-state index in [1.807, 2.05) is 12.1 Å². The second-order valence-electron chi connectivity index (χ2n) is 6.60. The van der Waals surface area contributed by atoms with Crippen LogP contribution in [0.3, 0.4) is 0 Å². The zero-order valence-corrected chi connectivity index (χ0v) is 15.5. The van der Waals surface area contributed by atoms with Crippen LogP contribution in [-0.4, -0.2) is 35.5 Å². The maximum absolute atomic E-state index is 12.5. The van der Waals surface area contributed by atoms with Crippen molar-refractivity contribution in [3.8, 4) is 5.75 Å². The molecule has 2 N–H and O–H groups in total. The van der Waals surface area contributed by atoms with Crippen LogP contribution < -0.4 is 15.0 Å². The maximum atomic E-state index is 12.5. The fourth-order valence-corrected chi connectivity index (χ4v) is 3.18. The summed E-state index contributed by atoms with van der Waals surface area (Å²) in [6, 6.07) is 15.5. The molecule has 3 rings (SSSR count). The molecule has 1 heterocycles. The number of aliphatic carboxylic acids is 1. The highest BCUT2D eigenvalue weighted by atomic mass is 16.5. The highest BCUT2D eigenvalue weighted by Crippen LogP contribution is 2.33. The summed E-state index contributed by atoms with van der Waals surface area (Å²) in [7, 11) is 0. The molecule has 28 heavy (non-hydrogen) atoms. The van der Waals surface area contributed by atoms with Crippen molar-refractivity contribution in [1.29, 1.82) is 0 Å². The lowest BCUT2D eigenvalue weighted by Gasteiger charge is -2.33. The van der Waals surface area contributed by atoms with Gasteiger partial charge in [-0.1, -0.05) is 42.5 Å². The van der Waals surface area contributed by atoms with E-state index in [0.717, 1.165) is 5.56 Å². The van der Waals surface area contributed by atoms with Crippen molar-refractivity contribution >= 4 is 23.5 Å². The van der Waals surface area contributed by atoms with Crippen LogP contribution in [0.2, 0.25) is 0 Å². The minimum Gasteiger partial charge on any atom is -0.481 e. The Bertz CT molecular complexity index is 868. The van der Waals surface area contributed by atoms with Crippen molar-refractivity contribution in [1.82, 2.24) is 5.32 Å². The van der Waals surface area contributed by atoms with Crippen LogP contribution in [0.25, 0.3) is 0 Å². The zero-order chi connectivity index (χ0) is 20.1. The van der Waals surface area contributed by atoms with Gasteiger partial charge in [0.05, 0.1) is 18.2 Å². The van der Waals surface area contributed by atoms with Crippen molar-refractivity contribution in [2.45, 2.75) is 31.9 Å². The molecule has 0 fully saturated rings. The van der Waals surface area contributed by atoms with Crippen LogP contribution in [0.15, 0.2) is 54.6 Å². The number of carboxylic acids is 1. The lowest BCUT2D eigenvalue weighted by Crippen LogP contribution is -2.46. The standard InChI is InChI=1S/C21H22N2O5/c1-14-21(27)23(17-9-5-6-10-18(17)28-14)12-11-19(24)22-16(13-20(25)26)15-7-3-2-4-8-15/h2-10,14,16H,11-13H2,1H3,(H,22,24)(H,25,26)/t14-,16+/m0/s1. The molecule has 7 heteroatoms. The van der Waals surface area contributed by atoms with Gasteiger partial charge in [0.25, 0.3) is 5.91 Å². The largest absolute Gasteiger partial charge is 0.481 e. The summed E-state index contributed by atoms with van der Waals surface area (Å²) in [4.78, 5) is 37.7. The third kappa shape index (κ3) is 4.49. The van der Waals surface area contributed by atoms with Gasteiger partial charge in [-0.25, -0.2) is 0 Å². The number of benzene rings is 2. The monoisotopic (exact) mass is 382 g/mol. The van der Waals surface area contributed by atoms with E-state index in [1.54, 1.807) is 49.4 Å². The molecule has 2 aromatic carbocycles. The van der Waals surface area contributed by atoms with Crippen LogP contribution in [0.4, 0.5) is 5.69 Å². The number of carboxylic acid groups (broad SMARTS) is 1. The summed E-state index contributed by atoms with van der Waals surface area (Å²) in [5.41, 5.74) is 1.35. The van der Waals surface area contributed by atoms with Gasteiger partial charge in [0.2, 0.25) is 5.91 Å². The number of hydrogen-bond donors (Lipinski definition) is 2. The van der Waals surface area contributed by atoms with Crippen molar-refractivity contribution in [3.05, 3.63) is 60.2 Å². The van der Waals surface area contributed by atoms with Gasteiger partial charge >= 0.3 is 5.97 Å². The molecule has 146 valence electrons. The molecule has 0 aromatic heterocycles. The lowest BCUT2D eigenvalue weighted by molar-refractivity contribution is -0.137. The summed E-state index contributed by atoms with van der Waals surface area (Å²) < 4.78 is 5.59. The Balaban J connectivity index is 1.67. The van der Waals surface area contributed by atoms with E-state index in [2.05, 4.69) is 5.32 Å². The first kappa shape index (κ1) is 19.4. The van der Waals surface area contributed by atoms with E-state index >= 15 is 0 Å². The van der Waals surface area contributed by atoms with Crippen LogP contribution in [0.1, 0.15) is 31.4 Å². The maximum Gasteiger partial charge on any atom is 0.305 e. The third-order valence-electron chi connectivity index (χ3n) is 4.55. The van der Waals surface area contributed by atoms with E-state index < -0.39 is 18.1 Å². The predicted molar refractivity (Wildman–Crippen MR) is 103 cm³/mol. The highest BCUT2D eigenvalue weighted by molar-refractivity contribution is 6.00. The van der Waals surface area contributed by atoms with Gasteiger partial charge in [0.1, 0.15) is 5.75 Å². The van der Waals surface area contributed by atoms with Gasteiger partial charge in [-0.2, -0.15) is 0 Å². The summed E-state index contributed by atoms with van der Waals surface area (Å²) in [6.45, 7) is 1.85. The summed E-state index contributed by atoms with van der Waals surface area (Å²) in [5.74, 6) is -0.931. The molecule has 1 aliphatic heterocycles. The zero-order valence-electron chi connectivity index (χ0n) is 15.5. The molecule has 0 saturated heterocycles. The van der Waals surface area contributed by atoms with Crippen molar-refractivity contribution in [2.24, 2.45) is 0 Å². The molecule has 0 aliphatic carbocycles. The Labute approximate surface area is 162 Å². The van der Waals surface area contributed by atoms with Crippen LogP contribution in [0, 0.1) is 0 Å². The Hall–Kier alpha value is -3.35. The molecule has 0 saturated carbocycles. The number of carbonyl (C=O) groups is 3. The third-order valence-corrected chi connectivity index (χ3v) is 4.55. The number of anilines is 1. The van der Waals surface area contributed by atoms with Gasteiger partial charge in [-0.15, -0.1) is 0 Å². The SMILES string of the molecule is C[C@@H]1Oc2ccccc2N(CCC(=O)N[C@H](CC(=O)O)c2ccccc2)C1=O. The summed E-state index contributed by atoms with van der Waals surface area (Å²) in [5, 5.41) is 11.9. The Morgan fingerprint density at radius 2 is 1.82 bits per heavy atom. The number of rotatable bonds is 7. The first-order valence-electron chi connectivity index (χ1n) is 9.09. The van der Waals surface area contributed by atoms with Crippen LogP contribution in [-0.2, 0) is 14.4 Å². The average Bonchev–Trinajstić information content (AvgIpc) is 2.68. The number of nitrogens with one attached hydrogen (secondary N) is 1. The van der Waals surface area contributed by atoms with Crippen molar-refractivity contribution in [3.63, 3.8) is 0 Å². The summed E-state index contributed by atoms with van der Waals surface area (Å²) in [6.07, 6.45) is -0.788. The molecular formula is C21H22N2O5. The number of ether oxygens (including phenoxy) is 1. The normalized spacial score (nSPS) is 16.7. The number of nitrogens with zero attached hydrogens (tertiary/aromatic N) is 1. The number of amides is 2. The van der Waals surface area contributed by atoms with Gasteiger partial charge in [0.15, 0.2) is 6.10 Å². The average molecular weight is 382 g/mol. The summed E-state index contributed by atoms with van der Waals surface area (Å²) >= 11 is 0. The van der Waals surface area contributed by atoms with Crippen LogP contribution in [0.5, 0.6) is 5.75 Å². The second kappa shape index (κ2) is 8.56. The van der Waals surface area contributed by atoms with Gasteiger partial charge < -0.3 is 20.1 Å².